The van der Waals surface area contributed by atoms with Gasteiger partial charge in [-0.05, 0) is 42.3 Å². The van der Waals surface area contributed by atoms with Gasteiger partial charge in [-0.3, -0.25) is 0 Å². The third-order valence-corrected chi connectivity index (χ3v) is 5.45. The zero-order valence-corrected chi connectivity index (χ0v) is 18.5. The number of fused-ring (bicyclic) bond motifs is 1. The zero-order chi connectivity index (χ0) is 22.8. The first-order valence-electron chi connectivity index (χ1n) is 10.7. The summed E-state index contributed by atoms with van der Waals surface area (Å²) in [5.41, 5.74) is 11.8. The summed E-state index contributed by atoms with van der Waals surface area (Å²) >= 11 is 0. The third kappa shape index (κ3) is 4.08. The summed E-state index contributed by atoms with van der Waals surface area (Å²) in [7, 11) is 1.64. The van der Waals surface area contributed by atoms with Crippen LogP contribution in [0.1, 0.15) is 11.1 Å². The van der Waals surface area contributed by atoms with Gasteiger partial charge in [-0.2, -0.15) is 4.98 Å². The Balaban J connectivity index is 1.66. The fourth-order valence-electron chi connectivity index (χ4n) is 3.80. The predicted molar refractivity (Wildman–Crippen MR) is 132 cm³/mol. The van der Waals surface area contributed by atoms with Crippen LogP contribution < -0.4 is 15.8 Å². The molecule has 0 bridgehead atoms. The van der Waals surface area contributed by atoms with E-state index in [9.17, 15) is 0 Å². The monoisotopic (exact) mass is 436 g/mol. The zero-order valence-electron chi connectivity index (χ0n) is 18.5. The normalized spacial score (nSPS) is 11.0. The summed E-state index contributed by atoms with van der Waals surface area (Å²) in [4.78, 5) is 9.52. The van der Waals surface area contributed by atoms with E-state index in [1.54, 1.807) is 11.8 Å². The van der Waals surface area contributed by atoms with Crippen LogP contribution in [0.15, 0.2) is 78.9 Å². The van der Waals surface area contributed by atoms with Crippen LogP contribution in [0.5, 0.6) is 5.75 Å². The Morgan fingerprint density at radius 1 is 0.939 bits per heavy atom. The minimum atomic E-state index is 0.484. The smallest absolute Gasteiger partial charge is 0.225 e. The van der Waals surface area contributed by atoms with E-state index in [2.05, 4.69) is 22.4 Å². The molecule has 5 rings (SSSR count). The molecule has 0 atom stereocenters. The van der Waals surface area contributed by atoms with Gasteiger partial charge in [0.15, 0.2) is 5.65 Å². The fourth-order valence-corrected chi connectivity index (χ4v) is 3.80. The van der Waals surface area contributed by atoms with Crippen molar-refractivity contribution in [2.24, 2.45) is 0 Å². The van der Waals surface area contributed by atoms with E-state index >= 15 is 0 Å². The van der Waals surface area contributed by atoms with Crippen LogP contribution in [-0.4, -0.2) is 26.9 Å². The largest absolute Gasteiger partial charge is 0.497 e. The molecule has 0 spiro atoms. The van der Waals surface area contributed by atoms with E-state index in [4.69, 9.17) is 20.6 Å². The number of ether oxygens (including phenoxy) is 1. The number of nitrogens with two attached hydrogens (primary N) is 1. The molecule has 0 saturated heterocycles. The first-order valence-corrected chi connectivity index (χ1v) is 10.7. The molecule has 0 aliphatic carbocycles. The Kier molecular flexibility index (Phi) is 5.36. The van der Waals surface area contributed by atoms with Crippen molar-refractivity contribution < 1.29 is 4.74 Å². The van der Waals surface area contributed by atoms with Gasteiger partial charge < -0.3 is 15.8 Å². The summed E-state index contributed by atoms with van der Waals surface area (Å²) in [6.07, 6.45) is 0. The molecule has 0 aliphatic heterocycles. The molecule has 0 saturated carbocycles. The van der Waals surface area contributed by atoms with Crippen molar-refractivity contribution in [3.05, 3.63) is 90.0 Å². The second-order valence-corrected chi connectivity index (χ2v) is 7.80. The highest BCUT2D eigenvalue weighted by Gasteiger charge is 2.19. The van der Waals surface area contributed by atoms with Gasteiger partial charge in [-0.15, -0.1) is 5.10 Å². The molecule has 0 radical (unpaired) electrons. The average Bonchev–Trinajstić information content (AvgIpc) is 3.19. The molecular formula is C26H24N6O. The van der Waals surface area contributed by atoms with Crippen LogP contribution in [0.4, 0.5) is 11.8 Å². The number of nitrogens with one attached hydrogen (secondary N) is 1. The molecule has 2 aromatic heterocycles. The second-order valence-electron chi connectivity index (χ2n) is 7.80. The molecule has 33 heavy (non-hydrogen) atoms. The first kappa shape index (κ1) is 20.5. The van der Waals surface area contributed by atoms with E-state index in [-0.39, 0.29) is 0 Å². The number of hydrogen-bond acceptors (Lipinski definition) is 6. The van der Waals surface area contributed by atoms with Gasteiger partial charge in [0, 0.05) is 12.1 Å². The van der Waals surface area contributed by atoms with E-state index in [0.29, 0.717) is 35.0 Å². The molecule has 0 unspecified atom stereocenters. The van der Waals surface area contributed by atoms with E-state index in [1.807, 2.05) is 73.7 Å². The molecule has 7 nitrogen and oxygen atoms in total. The van der Waals surface area contributed by atoms with Crippen LogP contribution in [0.25, 0.3) is 28.0 Å². The van der Waals surface area contributed by atoms with Gasteiger partial charge in [0.1, 0.15) is 11.6 Å². The Hall–Kier alpha value is -4.39. The number of anilines is 2. The topological polar surface area (TPSA) is 90.9 Å². The summed E-state index contributed by atoms with van der Waals surface area (Å²) < 4.78 is 7.15. The molecular weight excluding hydrogens is 412 g/mol. The Labute approximate surface area is 191 Å². The number of benzene rings is 3. The maximum Gasteiger partial charge on any atom is 0.225 e. The molecule has 0 fully saturated rings. The molecule has 164 valence electrons. The van der Waals surface area contributed by atoms with Crippen LogP contribution in [0.3, 0.4) is 0 Å². The summed E-state index contributed by atoms with van der Waals surface area (Å²) in [6, 6.07) is 25.9. The standard InChI is InChI=1S/C26H24N6O/c1-17-8-6-12-20(14-17)32-24(27)22-23(19-11-7-13-21(15-19)33-2)29-26(30-25(22)31-32)28-16-18-9-4-3-5-10-18/h3-15H,16,27H2,1-2H3,(H,28,30,31). The third-order valence-electron chi connectivity index (χ3n) is 5.45. The number of nitrogens with zero attached hydrogens (tertiary/aromatic N) is 4. The molecule has 7 heteroatoms. The van der Waals surface area contributed by atoms with Crippen molar-refractivity contribution in [1.29, 1.82) is 0 Å². The number of rotatable bonds is 6. The average molecular weight is 437 g/mol. The summed E-state index contributed by atoms with van der Waals surface area (Å²) in [5, 5.41) is 8.77. The Morgan fingerprint density at radius 2 is 1.76 bits per heavy atom. The summed E-state index contributed by atoms with van der Waals surface area (Å²) in [5.74, 6) is 1.71. The van der Waals surface area contributed by atoms with E-state index in [0.717, 1.165) is 28.1 Å². The highest BCUT2D eigenvalue weighted by Crippen LogP contribution is 2.34. The summed E-state index contributed by atoms with van der Waals surface area (Å²) in [6.45, 7) is 2.63. The molecule has 0 amide bonds. The lowest BCUT2D eigenvalue weighted by Crippen LogP contribution is -2.05. The van der Waals surface area contributed by atoms with Gasteiger partial charge >= 0.3 is 0 Å². The lowest BCUT2D eigenvalue weighted by molar-refractivity contribution is 0.415. The maximum absolute atomic E-state index is 6.61. The highest BCUT2D eigenvalue weighted by molar-refractivity contribution is 5.99. The second kappa shape index (κ2) is 8.63. The SMILES string of the molecule is COc1cccc(-c2nc(NCc3ccccc3)nc3nn(-c4cccc(C)c4)c(N)c23)c1. The fraction of sp³-hybridized carbons (Fsp3) is 0.115. The van der Waals surface area contributed by atoms with Crippen LogP contribution in [0.2, 0.25) is 0 Å². The van der Waals surface area contributed by atoms with Crippen molar-refractivity contribution >= 4 is 22.8 Å². The van der Waals surface area contributed by atoms with E-state index < -0.39 is 0 Å². The highest BCUT2D eigenvalue weighted by atomic mass is 16.5. The van der Waals surface area contributed by atoms with Crippen molar-refractivity contribution in [3.63, 3.8) is 0 Å². The Bertz CT molecular complexity index is 1430. The number of aryl methyl sites for hydroxylation is 1. The van der Waals surface area contributed by atoms with E-state index in [1.165, 1.54) is 0 Å². The van der Waals surface area contributed by atoms with Gasteiger partial charge in [-0.1, -0.05) is 54.6 Å². The Morgan fingerprint density at radius 3 is 2.55 bits per heavy atom. The molecule has 0 aliphatic rings. The van der Waals surface area contributed by atoms with Crippen LogP contribution in [0, 0.1) is 6.92 Å². The maximum atomic E-state index is 6.61. The number of hydrogen-bond donors (Lipinski definition) is 2. The van der Waals surface area contributed by atoms with Crippen molar-refractivity contribution in [2.45, 2.75) is 13.5 Å². The minimum Gasteiger partial charge on any atom is -0.497 e. The first-order chi connectivity index (χ1) is 16.1. The van der Waals surface area contributed by atoms with Crippen molar-refractivity contribution in [1.82, 2.24) is 19.7 Å². The van der Waals surface area contributed by atoms with Gasteiger partial charge in [0.05, 0.1) is 23.9 Å². The molecule has 3 aromatic carbocycles. The van der Waals surface area contributed by atoms with Crippen LogP contribution >= 0.6 is 0 Å². The van der Waals surface area contributed by atoms with Crippen molar-refractivity contribution in [2.75, 3.05) is 18.2 Å². The predicted octanol–water partition coefficient (Wildman–Crippen LogP) is 4.99. The lowest BCUT2D eigenvalue weighted by Gasteiger charge is -2.10. The van der Waals surface area contributed by atoms with Crippen molar-refractivity contribution in [3.8, 4) is 22.7 Å². The lowest BCUT2D eigenvalue weighted by atomic mass is 10.1. The number of nitrogen functional groups attached to an aromatic ring is 1. The number of methoxy groups -OCH3 is 1. The van der Waals surface area contributed by atoms with Gasteiger partial charge in [0.2, 0.25) is 5.95 Å². The number of aromatic nitrogens is 4. The molecule has 3 N–H and O–H groups in total. The van der Waals surface area contributed by atoms with Gasteiger partial charge in [0.25, 0.3) is 0 Å². The van der Waals surface area contributed by atoms with Crippen LogP contribution in [-0.2, 0) is 6.54 Å². The van der Waals surface area contributed by atoms with Gasteiger partial charge in [-0.25, -0.2) is 9.67 Å². The minimum absolute atomic E-state index is 0.484. The molecule has 5 aromatic rings. The quantitative estimate of drug-likeness (QED) is 0.390. The molecule has 2 heterocycles.